The average Bonchev–Trinajstić information content (AvgIpc) is 2.46. The van der Waals surface area contributed by atoms with Crippen LogP contribution in [0.25, 0.3) is 10.9 Å². The number of aromatic hydroxyl groups is 1. The van der Waals surface area contributed by atoms with E-state index in [0.29, 0.717) is 18.7 Å². The van der Waals surface area contributed by atoms with Crippen LogP contribution in [0.4, 0.5) is 0 Å². The van der Waals surface area contributed by atoms with Crippen molar-refractivity contribution < 1.29 is 5.11 Å². The fourth-order valence-corrected chi connectivity index (χ4v) is 1.51. The number of aromatic amines is 1. The second-order valence-electron chi connectivity index (χ2n) is 3.04. The van der Waals surface area contributed by atoms with Gasteiger partial charge < -0.3 is 15.8 Å². The molecule has 1 aromatic heterocycles. The maximum Gasteiger partial charge on any atom is 0.144 e. The zero-order valence-corrected chi connectivity index (χ0v) is 7.25. The van der Waals surface area contributed by atoms with Gasteiger partial charge in [0.25, 0.3) is 0 Å². The Labute approximate surface area is 76.2 Å². The second-order valence-corrected chi connectivity index (χ2v) is 3.04. The number of para-hydroxylation sites is 1. The van der Waals surface area contributed by atoms with E-state index in [1.807, 2.05) is 24.3 Å². The molecule has 2 aromatic rings. The Kier molecular flexibility index (Phi) is 1.94. The number of hydrogen-bond acceptors (Lipinski definition) is 2. The molecule has 0 aliphatic heterocycles. The van der Waals surface area contributed by atoms with Gasteiger partial charge in [-0.2, -0.15) is 0 Å². The number of nitrogens with two attached hydrogens (primary N) is 1. The van der Waals surface area contributed by atoms with Crippen LogP contribution in [0.1, 0.15) is 5.69 Å². The largest absolute Gasteiger partial charge is 0.505 e. The van der Waals surface area contributed by atoms with Crippen LogP contribution in [0, 0.1) is 0 Å². The van der Waals surface area contributed by atoms with Gasteiger partial charge in [0.05, 0.1) is 5.69 Å². The summed E-state index contributed by atoms with van der Waals surface area (Å²) >= 11 is 0. The van der Waals surface area contributed by atoms with Gasteiger partial charge in [-0.05, 0) is 18.7 Å². The van der Waals surface area contributed by atoms with Gasteiger partial charge in [-0.25, -0.2) is 0 Å². The van der Waals surface area contributed by atoms with Crippen molar-refractivity contribution in [2.75, 3.05) is 6.54 Å². The summed E-state index contributed by atoms with van der Waals surface area (Å²) in [6, 6.07) is 7.67. The lowest BCUT2D eigenvalue weighted by atomic mass is 10.2. The minimum Gasteiger partial charge on any atom is -0.505 e. The lowest BCUT2D eigenvalue weighted by Gasteiger charge is -1.93. The monoisotopic (exact) mass is 176 g/mol. The molecule has 0 saturated heterocycles. The predicted molar refractivity (Wildman–Crippen MR) is 52.7 cm³/mol. The molecule has 2 rings (SSSR count). The number of rotatable bonds is 2. The first-order chi connectivity index (χ1) is 6.33. The molecule has 1 aromatic carbocycles. The van der Waals surface area contributed by atoms with E-state index in [-0.39, 0.29) is 0 Å². The van der Waals surface area contributed by atoms with Crippen molar-refractivity contribution in [2.45, 2.75) is 6.42 Å². The fourth-order valence-electron chi connectivity index (χ4n) is 1.51. The maximum atomic E-state index is 9.73. The molecule has 3 nitrogen and oxygen atoms in total. The number of H-pyrrole nitrogens is 1. The van der Waals surface area contributed by atoms with Crippen LogP contribution >= 0.6 is 0 Å². The van der Waals surface area contributed by atoms with Crippen molar-refractivity contribution in [3.8, 4) is 5.75 Å². The molecular weight excluding hydrogens is 164 g/mol. The Balaban J connectivity index is 2.60. The topological polar surface area (TPSA) is 62.0 Å². The van der Waals surface area contributed by atoms with Crippen LogP contribution in [0.2, 0.25) is 0 Å². The van der Waals surface area contributed by atoms with Crippen LogP contribution in [0.5, 0.6) is 5.75 Å². The predicted octanol–water partition coefficient (Wildman–Crippen LogP) is 1.37. The summed E-state index contributed by atoms with van der Waals surface area (Å²) in [5.41, 5.74) is 7.20. The summed E-state index contributed by atoms with van der Waals surface area (Å²) in [6.07, 6.45) is 0.681. The van der Waals surface area contributed by atoms with E-state index in [1.165, 1.54) is 0 Å². The highest BCUT2D eigenvalue weighted by molar-refractivity contribution is 5.87. The molecule has 0 unspecified atom stereocenters. The van der Waals surface area contributed by atoms with Gasteiger partial charge in [-0.15, -0.1) is 0 Å². The third-order valence-corrected chi connectivity index (χ3v) is 2.15. The Morgan fingerprint density at radius 2 is 2.08 bits per heavy atom. The first kappa shape index (κ1) is 8.13. The van der Waals surface area contributed by atoms with Crippen molar-refractivity contribution in [1.29, 1.82) is 0 Å². The van der Waals surface area contributed by atoms with Crippen LogP contribution in [0.15, 0.2) is 24.3 Å². The molecule has 68 valence electrons. The Bertz CT molecular complexity index is 420. The molecule has 0 bridgehead atoms. The Morgan fingerprint density at radius 1 is 1.31 bits per heavy atom. The third kappa shape index (κ3) is 1.27. The number of fused-ring (bicyclic) bond motifs is 1. The molecule has 0 aliphatic rings. The van der Waals surface area contributed by atoms with Gasteiger partial charge in [0, 0.05) is 17.3 Å². The summed E-state index contributed by atoms with van der Waals surface area (Å²) < 4.78 is 0. The van der Waals surface area contributed by atoms with Crippen LogP contribution in [-0.2, 0) is 6.42 Å². The maximum absolute atomic E-state index is 9.73. The highest BCUT2D eigenvalue weighted by Gasteiger charge is 2.07. The lowest BCUT2D eigenvalue weighted by molar-refractivity contribution is 0.474. The van der Waals surface area contributed by atoms with E-state index in [4.69, 9.17) is 5.73 Å². The second kappa shape index (κ2) is 3.11. The van der Waals surface area contributed by atoms with Gasteiger partial charge in [0.15, 0.2) is 0 Å². The highest BCUT2D eigenvalue weighted by Crippen LogP contribution is 2.28. The van der Waals surface area contributed by atoms with Gasteiger partial charge in [0.1, 0.15) is 5.75 Å². The molecule has 13 heavy (non-hydrogen) atoms. The summed E-state index contributed by atoms with van der Waals surface area (Å²) in [7, 11) is 0. The summed E-state index contributed by atoms with van der Waals surface area (Å²) in [5, 5.41) is 10.6. The molecule has 0 saturated carbocycles. The summed E-state index contributed by atoms with van der Waals surface area (Å²) in [5.74, 6) is 0.334. The zero-order chi connectivity index (χ0) is 9.26. The normalized spacial score (nSPS) is 10.8. The minimum absolute atomic E-state index is 0.334. The number of hydrogen-bond donors (Lipinski definition) is 3. The number of aromatic nitrogens is 1. The van der Waals surface area contributed by atoms with Crippen molar-refractivity contribution >= 4 is 10.9 Å². The molecule has 0 amide bonds. The smallest absolute Gasteiger partial charge is 0.144 e. The zero-order valence-electron chi connectivity index (χ0n) is 7.25. The van der Waals surface area contributed by atoms with E-state index < -0.39 is 0 Å². The van der Waals surface area contributed by atoms with Crippen LogP contribution in [-0.4, -0.2) is 16.6 Å². The fraction of sp³-hybridized carbons (Fsp3) is 0.200. The average molecular weight is 176 g/mol. The minimum atomic E-state index is 0.334. The van der Waals surface area contributed by atoms with Crippen molar-refractivity contribution in [1.82, 2.24) is 4.98 Å². The van der Waals surface area contributed by atoms with E-state index in [1.54, 1.807) is 0 Å². The molecule has 0 atom stereocenters. The van der Waals surface area contributed by atoms with E-state index >= 15 is 0 Å². The Hall–Kier alpha value is -1.48. The van der Waals surface area contributed by atoms with Gasteiger partial charge in [-0.1, -0.05) is 12.1 Å². The quantitative estimate of drug-likeness (QED) is 0.647. The van der Waals surface area contributed by atoms with Crippen molar-refractivity contribution in [3.63, 3.8) is 0 Å². The highest BCUT2D eigenvalue weighted by atomic mass is 16.3. The third-order valence-electron chi connectivity index (χ3n) is 2.15. The molecule has 3 heteroatoms. The van der Waals surface area contributed by atoms with E-state index in [0.717, 1.165) is 16.6 Å². The first-order valence-electron chi connectivity index (χ1n) is 4.31. The summed E-state index contributed by atoms with van der Waals surface area (Å²) in [4.78, 5) is 3.13. The molecule has 0 aliphatic carbocycles. The van der Waals surface area contributed by atoms with Gasteiger partial charge in [0.2, 0.25) is 0 Å². The molecule has 4 N–H and O–H groups in total. The molecule has 0 radical (unpaired) electrons. The van der Waals surface area contributed by atoms with Gasteiger partial charge >= 0.3 is 0 Å². The van der Waals surface area contributed by atoms with E-state index in [9.17, 15) is 5.11 Å². The Morgan fingerprint density at radius 3 is 2.77 bits per heavy atom. The lowest BCUT2D eigenvalue weighted by Crippen LogP contribution is -2.02. The first-order valence-corrected chi connectivity index (χ1v) is 4.31. The van der Waals surface area contributed by atoms with Crippen molar-refractivity contribution in [2.24, 2.45) is 5.73 Å². The van der Waals surface area contributed by atoms with Crippen LogP contribution in [0.3, 0.4) is 0 Å². The van der Waals surface area contributed by atoms with Crippen molar-refractivity contribution in [3.05, 3.63) is 30.0 Å². The summed E-state index contributed by atoms with van der Waals surface area (Å²) in [6.45, 7) is 0.542. The standard InChI is InChI=1S/C10H12N2O/c11-6-5-9-10(13)7-3-1-2-4-8(7)12-9/h1-4,12-13H,5-6,11H2. The SMILES string of the molecule is NCCc1[nH]c2ccccc2c1O. The van der Waals surface area contributed by atoms with Crippen LogP contribution < -0.4 is 5.73 Å². The molecule has 0 spiro atoms. The van der Waals surface area contributed by atoms with E-state index in [2.05, 4.69) is 4.98 Å². The molecule has 0 fully saturated rings. The van der Waals surface area contributed by atoms with Gasteiger partial charge in [-0.3, -0.25) is 0 Å². The molecule has 1 heterocycles. The number of nitrogens with one attached hydrogen (secondary N) is 1. The molecular formula is C10H12N2O. The number of benzene rings is 1.